The van der Waals surface area contributed by atoms with Crippen LogP contribution in [0, 0.1) is 0 Å². The SMILES string of the molecule is COc1ccc(C(N)=O)cc1OCc1ccccc1Cl. The Bertz CT molecular complexity index is 628. The molecule has 20 heavy (non-hydrogen) atoms. The van der Waals surface area contributed by atoms with Crippen LogP contribution in [0.5, 0.6) is 11.5 Å². The lowest BCUT2D eigenvalue weighted by Gasteiger charge is -2.12. The molecule has 0 radical (unpaired) electrons. The summed E-state index contributed by atoms with van der Waals surface area (Å²) in [4.78, 5) is 11.2. The number of nitrogens with two attached hydrogens (primary N) is 1. The summed E-state index contributed by atoms with van der Waals surface area (Å²) < 4.78 is 10.9. The maximum absolute atomic E-state index is 11.2. The van der Waals surface area contributed by atoms with Gasteiger partial charge in [-0.15, -0.1) is 0 Å². The van der Waals surface area contributed by atoms with Gasteiger partial charge in [-0.1, -0.05) is 29.8 Å². The van der Waals surface area contributed by atoms with Crippen molar-refractivity contribution in [2.45, 2.75) is 6.61 Å². The van der Waals surface area contributed by atoms with Crippen LogP contribution < -0.4 is 15.2 Å². The van der Waals surface area contributed by atoms with E-state index in [1.54, 1.807) is 24.3 Å². The van der Waals surface area contributed by atoms with E-state index in [1.807, 2.05) is 18.2 Å². The first-order chi connectivity index (χ1) is 9.61. The molecule has 1 amide bonds. The first-order valence-electron chi connectivity index (χ1n) is 5.96. The lowest BCUT2D eigenvalue weighted by atomic mass is 10.2. The van der Waals surface area contributed by atoms with Gasteiger partial charge in [-0.05, 0) is 24.3 Å². The summed E-state index contributed by atoms with van der Waals surface area (Å²) in [6.45, 7) is 0.276. The van der Waals surface area contributed by atoms with Crippen LogP contribution in [0.15, 0.2) is 42.5 Å². The van der Waals surface area contributed by atoms with Gasteiger partial charge in [-0.3, -0.25) is 4.79 Å². The topological polar surface area (TPSA) is 61.5 Å². The summed E-state index contributed by atoms with van der Waals surface area (Å²) in [6, 6.07) is 12.2. The number of ether oxygens (including phenoxy) is 2. The molecule has 2 N–H and O–H groups in total. The molecule has 2 aromatic carbocycles. The first kappa shape index (κ1) is 14.2. The van der Waals surface area contributed by atoms with Gasteiger partial charge in [0.15, 0.2) is 11.5 Å². The van der Waals surface area contributed by atoms with Crippen LogP contribution in [0.2, 0.25) is 5.02 Å². The van der Waals surface area contributed by atoms with Crippen molar-refractivity contribution in [2.24, 2.45) is 5.73 Å². The molecule has 0 unspecified atom stereocenters. The number of hydrogen-bond donors (Lipinski definition) is 1. The summed E-state index contributed by atoms with van der Waals surface area (Å²) in [5.41, 5.74) is 6.46. The van der Waals surface area contributed by atoms with E-state index >= 15 is 0 Å². The molecule has 0 aromatic heterocycles. The van der Waals surface area contributed by atoms with Crippen molar-refractivity contribution in [1.29, 1.82) is 0 Å². The molecule has 0 saturated heterocycles. The van der Waals surface area contributed by atoms with E-state index in [0.717, 1.165) is 5.56 Å². The molecule has 0 aliphatic rings. The molecule has 0 spiro atoms. The summed E-state index contributed by atoms with van der Waals surface area (Å²) in [5, 5.41) is 0.623. The van der Waals surface area contributed by atoms with E-state index in [9.17, 15) is 4.79 Å². The fourth-order valence-electron chi connectivity index (χ4n) is 1.71. The summed E-state index contributed by atoms with van der Waals surface area (Å²) >= 11 is 6.06. The predicted octanol–water partition coefficient (Wildman–Crippen LogP) is 3.03. The van der Waals surface area contributed by atoms with Gasteiger partial charge < -0.3 is 15.2 Å². The van der Waals surface area contributed by atoms with Gasteiger partial charge >= 0.3 is 0 Å². The lowest BCUT2D eigenvalue weighted by Crippen LogP contribution is -2.11. The van der Waals surface area contributed by atoms with Gasteiger partial charge in [0, 0.05) is 16.1 Å². The molecule has 104 valence electrons. The highest BCUT2D eigenvalue weighted by Gasteiger charge is 2.10. The van der Waals surface area contributed by atoms with Gasteiger partial charge in [0.25, 0.3) is 0 Å². The number of hydrogen-bond acceptors (Lipinski definition) is 3. The third-order valence-corrected chi connectivity index (χ3v) is 3.16. The number of benzene rings is 2. The molecule has 0 aliphatic heterocycles. The molecule has 0 heterocycles. The molecule has 2 aromatic rings. The Kier molecular flexibility index (Phi) is 4.48. The number of carbonyl (C=O) groups is 1. The molecule has 0 atom stereocenters. The van der Waals surface area contributed by atoms with Crippen LogP contribution in [-0.2, 0) is 6.61 Å². The van der Waals surface area contributed by atoms with Crippen molar-refractivity contribution in [1.82, 2.24) is 0 Å². The third-order valence-electron chi connectivity index (χ3n) is 2.79. The van der Waals surface area contributed by atoms with Crippen molar-refractivity contribution < 1.29 is 14.3 Å². The Morgan fingerprint density at radius 3 is 2.60 bits per heavy atom. The second kappa shape index (κ2) is 6.30. The molecular formula is C15H14ClNO3. The normalized spacial score (nSPS) is 10.1. The summed E-state index contributed by atoms with van der Waals surface area (Å²) in [6.07, 6.45) is 0. The van der Waals surface area contributed by atoms with Crippen LogP contribution >= 0.6 is 11.6 Å². The summed E-state index contributed by atoms with van der Waals surface area (Å²) in [7, 11) is 1.53. The van der Waals surface area contributed by atoms with Crippen LogP contribution in [-0.4, -0.2) is 13.0 Å². The first-order valence-corrected chi connectivity index (χ1v) is 6.33. The molecule has 0 fully saturated rings. The predicted molar refractivity (Wildman–Crippen MR) is 77.3 cm³/mol. The molecule has 0 aliphatic carbocycles. The third kappa shape index (κ3) is 3.22. The number of carbonyl (C=O) groups excluding carboxylic acids is 1. The van der Waals surface area contributed by atoms with E-state index in [1.165, 1.54) is 7.11 Å². The van der Waals surface area contributed by atoms with Crippen LogP contribution in [0.4, 0.5) is 0 Å². The number of halogens is 1. The highest BCUT2D eigenvalue weighted by Crippen LogP contribution is 2.29. The number of primary amides is 1. The van der Waals surface area contributed by atoms with E-state index in [2.05, 4.69) is 0 Å². The summed E-state index contributed by atoms with van der Waals surface area (Å²) in [5.74, 6) is 0.459. The second-order valence-corrected chi connectivity index (χ2v) is 4.52. The average molecular weight is 292 g/mol. The Hall–Kier alpha value is -2.20. The molecule has 0 bridgehead atoms. The molecule has 4 nitrogen and oxygen atoms in total. The van der Waals surface area contributed by atoms with Crippen LogP contribution in [0.1, 0.15) is 15.9 Å². The van der Waals surface area contributed by atoms with E-state index in [4.69, 9.17) is 26.8 Å². The lowest BCUT2D eigenvalue weighted by molar-refractivity contribution is 0.0999. The Balaban J connectivity index is 2.22. The fraction of sp³-hybridized carbons (Fsp3) is 0.133. The average Bonchev–Trinajstić information content (AvgIpc) is 2.46. The van der Waals surface area contributed by atoms with Gasteiger partial charge in [0.1, 0.15) is 6.61 Å². The van der Waals surface area contributed by atoms with Crippen molar-refractivity contribution in [3.63, 3.8) is 0 Å². The zero-order chi connectivity index (χ0) is 14.5. The van der Waals surface area contributed by atoms with Crippen molar-refractivity contribution in [3.8, 4) is 11.5 Å². The standard InChI is InChI=1S/C15H14ClNO3/c1-19-13-7-6-10(15(17)18)8-14(13)20-9-11-4-2-3-5-12(11)16/h2-8H,9H2,1H3,(H2,17,18). The molecule has 2 rings (SSSR count). The number of amides is 1. The van der Waals surface area contributed by atoms with E-state index < -0.39 is 5.91 Å². The van der Waals surface area contributed by atoms with Crippen molar-refractivity contribution >= 4 is 17.5 Å². The van der Waals surface area contributed by atoms with Gasteiger partial charge in [-0.25, -0.2) is 0 Å². The zero-order valence-corrected chi connectivity index (χ0v) is 11.7. The second-order valence-electron chi connectivity index (χ2n) is 4.11. The van der Waals surface area contributed by atoms with Crippen molar-refractivity contribution in [3.05, 3.63) is 58.6 Å². The largest absolute Gasteiger partial charge is 0.493 e. The minimum Gasteiger partial charge on any atom is -0.493 e. The van der Waals surface area contributed by atoms with Crippen LogP contribution in [0.3, 0.4) is 0 Å². The van der Waals surface area contributed by atoms with Gasteiger partial charge in [0.05, 0.1) is 7.11 Å². The maximum Gasteiger partial charge on any atom is 0.248 e. The van der Waals surface area contributed by atoms with E-state index in [-0.39, 0.29) is 6.61 Å². The number of rotatable bonds is 5. The van der Waals surface area contributed by atoms with Gasteiger partial charge in [0.2, 0.25) is 5.91 Å². The van der Waals surface area contributed by atoms with E-state index in [0.29, 0.717) is 22.1 Å². The Morgan fingerprint density at radius 2 is 1.95 bits per heavy atom. The minimum atomic E-state index is -0.518. The smallest absolute Gasteiger partial charge is 0.248 e. The van der Waals surface area contributed by atoms with Crippen molar-refractivity contribution in [2.75, 3.05) is 7.11 Å². The molecule has 0 saturated carbocycles. The zero-order valence-electron chi connectivity index (χ0n) is 10.9. The Labute approximate surface area is 122 Å². The maximum atomic E-state index is 11.2. The highest BCUT2D eigenvalue weighted by atomic mass is 35.5. The van der Waals surface area contributed by atoms with Crippen LogP contribution in [0.25, 0.3) is 0 Å². The minimum absolute atomic E-state index is 0.276. The quantitative estimate of drug-likeness (QED) is 0.921. The molecule has 5 heteroatoms. The monoisotopic (exact) mass is 291 g/mol. The van der Waals surface area contributed by atoms with Gasteiger partial charge in [-0.2, -0.15) is 0 Å². The molecular weight excluding hydrogens is 278 g/mol. The highest BCUT2D eigenvalue weighted by molar-refractivity contribution is 6.31. The number of methoxy groups -OCH3 is 1. The fourth-order valence-corrected chi connectivity index (χ4v) is 1.90. The Morgan fingerprint density at radius 1 is 1.20 bits per heavy atom.